The Labute approximate surface area is 127 Å². The van der Waals surface area contributed by atoms with Crippen molar-refractivity contribution in [1.82, 2.24) is 0 Å². The Morgan fingerprint density at radius 1 is 1.05 bits per heavy atom. The molecular formula is C18H26OS. The number of aliphatic hydroxyl groups is 1. The van der Waals surface area contributed by atoms with Gasteiger partial charge in [0.1, 0.15) is 5.60 Å². The van der Waals surface area contributed by atoms with Gasteiger partial charge in [0.25, 0.3) is 0 Å². The number of hydrogen-bond acceptors (Lipinski definition) is 2. The molecule has 110 valence electrons. The van der Waals surface area contributed by atoms with Crippen molar-refractivity contribution in [2.24, 2.45) is 5.41 Å². The molecule has 2 rings (SSSR count). The number of allylic oxidation sites excluding steroid dienone is 1. The summed E-state index contributed by atoms with van der Waals surface area (Å²) >= 11 is 1.75. The van der Waals surface area contributed by atoms with Crippen LogP contribution >= 0.6 is 11.8 Å². The second-order valence-electron chi connectivity index (χ2n) is 7.83. The van der Waals surface area contributed by atoms with Crippen LogP contribution in [-0.2, 0) is 11.0 Å². The zero-order valence-corrected chi connectivity index (χ0v) is 14.5. The molecule has 1 N–H and O–H groups in total. The smallest absolute Gasteiger partial charge is 0.115 e. The summed E-state index contributed by atoms with van der Waals surface area (Å²) in [6.07, 6.45) is 2.02. The van der Waals surface area contributed by atoms with Gasteiger partial charge in [-0.3, -0.25) is 0 Å². The molecule has 1 atom stereocenters. The summed E-state index contributed by atoms with van der Waals surface area (Å²) < 4.78 is 0. The van der Waals surface area contributed by atoms with Gasteiger partial charge in [-0.25, -0.2) is 0 Å². The molecule has 0 spiro atoms. The Bertz CT molecular complexity index is 558. The van der Waals surface area contributed by atoms with E-state index in [1.165, 1.54) is 15.4 Å². The minimum atomic E-state index is -0.904. The first-order chi connectivity index (χ1) is 8.95. The molecule has 1 aromatic rings. The van der Waals surface area contributed by atoms with Crippen molar-refractivity contribution < 1.29 is 5.11 Å². The number of thioether (sulfide) groups is 1. The van der Waals surface area contributed by atoms with Gasteiger partial charge in [-0.2, -0.15) is 0 Å². The number of benzene rings is 1. The Balaban J connectivity index is 2.68. The van der Waals surface area contributed by atoms with E-state index in [0.717, 1.165) is 5.56 Å². The van der Waals surface area contributed by atoms with E-state index in [1.807, 2.05) is 6.08 Å². The molecule has 20 heavy (non-hydrogen) atoms. The molecule has 0 radical (unpaired) electrons. The molecule has 0 aromatic heterocycles. The second-order valence-corrected chi connectivity index (χ2v) is 9.12. The molecule has 0 saturated heterocycles. The van der Waals surface area contributed by atoms with Crippen molar-refractivity contribution >= 4 is 11.8 Å². The highest BCUT2D eigenvalue weighted by Crippen LogP contribution is 2.51. The molecule has 0 amide bonds. The summed E-state index contributed by atoms with van der Waals surface area (Å²) in [5.74, 6) is 0. The van der Waals surface area contributed by atoms with E-state index in [2.05, 4.69) is 66.7 Å². The van der Waals surface area contributed by atoms with Gasteiger partial charge in [-0.1, -0.05) is 65.4 Å². The molecule has 1 nitrogen and oxygen atoms in total. The fraction of sp³-hybridized carbons (Fsp3) is 0.556. The van der Waals surface area contributed by atoms with Crippen LogP contribution < -0.4 is 0 Å². The number of fused-ring (bicyclic) bond motifs is 1. The average Bonchev–Trinajstić information content (AvgIpc) is 2.25. The maximum atomic E-state index is 11.3. The van der Waals surface area contributed by atoms with Gasteiger partial charge in [0.2, 0.25) is 0 Å². The first-order valence-corrected chi connectivity index (χ1v) is 8.01. The molecule has 1 aromatic carbocycles. The first kappa shape index (κ1) is 15.7. The zero-order valence-electron chi connectivity index (χ0n) is 13.7. The average molecular weight is 290 g/mol. The van der Waals surface area contributed by atoms with E-state index in [4.69, 9.17) is 0 Å². The van der Waals surface area contributed by atoms with Gasteiger partial charge < -0.3 is 5.11 Å². The molecule has 1 unspecified atom stereocenters. The lowest BCUT2D eigenvalue weighted by atomic mass is 9.70. The van der Waals surface area contributed by atoms with E-state index in [0.29, 0.717) is 0 Å². The largest absolute Gasteiger partial charge is 0.380 e. The summed E-state index contributed by atoms with van der Waals surface area (Å²) in [7, 11) is 0. The summed E-state index contributed by atoms with van der Waals surface area (Å²) in [5, 5.41) is 11.3. The quantitative estimate of drug-likeness (QED) is 0.706. The van der Waals surface area contributed by atoms with Crippen LogP contribution in [0.4, 0.5) is 0 Å². The lowest BCUT2D eigenvalue weighted by molar-refractivity contribution is -0.0217. The maximum absolute atomic E-state index is 11.3. The van der Waals surface area contributed by atoms with Crippen LogP contribution in [0.5, 0.6) is 0 Å². The molecular weight excluding hydrogens is 264 g/mol. The third-order valence-corrected chi connectivity index (χ3v) is 5.10. The van der Waals surface area contributed by atoms with Crippen LogP contribution in [0.25, 0.3) is 0 Å². The molecule has 0 bridgehead atoms. The van der Waals surface area contributed by atoms with Gasteiger partial charge in [-0.15, -0.1) is 0 Å². The van der Waals surface area contributed by atoms with Crippen molar-refractivity contribution in [3.05, 3.63) is 40.3 Å². The summed E-state index contributed by atoms with van der Waals surface area (Å²) in [6.45, 7) is 15.0. The van der Waals surface area contributed by atoms with Gasteiger partial charge in [0.05, 0.1) is 0 Å². The topological polar surface area (TPSA) is 20.2 Å². The lowest BCUT2D eigenvalue weighted by Crippen LogP contribution is -2.40. The van der Waals surface area contributed by atoms with E-state index >= 15 is 0 Å². The Kier molecular flexibility index (Phi) is 3.63. The van der Waals surface area contributed by atoms with Gasteiger partial charge in [0, 0.05) is 10.5 Å². The van der Waals surface area contributed by atoms with Crippen molar-refractivity contribution in [3.8, 4) is 0 Å². The normalized spacial score (nSPS) is 23.3. The molecule has 1 aliphatic rings. The third kappa shape index (κ3) is 2.56. The Hall–Kier alpha value is -0.730. The van der Waals surface area contributed by atoms with Crippen LogP contribution in [0.15, 0.2) is 34.1 Å². The lowest BCUT2D eigenvalue weighted by Gasteiger charge is -2.42. The molecule has 2 heteroatoms. The van der Waals surface area contributed by atoms with Gasteiger partial charge >= 0.3 is 0 Å². The van der Waals surface area contributed by atoms with E-state index in [-0.39, 0.29) is 10.8 Å². The first-order valence-electron chi connectivity index (χ1n) is 7.20. The minimum absolute atomic E-state index is 0.0920. The second kappa shape index (κ2) is 4.64. The maximum Gasteiger partial charge on any atom is 0.115 e. The molecule has 0 aliphatic carbocycles. The fourth-order valence-electron chi connectivity index (χ4n) is 2.58. The van der Waals surface area contributed by atoms with Gasteiger partial charge in [-0.05, 0) is 40.4 Å². The van der Waals surface area contributed by atoms with E-state index in [9.17, 15) is 5.11 Å². The Morgan fingerprint density at radius 2 is 1.65 bits per heavy atom. The highest BCUT2D eigenvalue weighted by molar-refractivity contribution is 8.03. The van der Waals surface area contributed by atoms with Crippen molar-refractivity contribution in [1.29, 1.82) is 0 Å². The summed E-state index contributed by atoms with van der Waals surface area (Å²) in [4.78, 5) is 2.34. The van der Waals surface area contributed by atoms with Crippen molar-refractivity contribution in [2.75, 3.05) is 0 Å². The van der Waals surface area contributed by atoms with Crippen LogP contribution in [0.3, 0.4) is 0 Å². The highest BCUT2D eigenvalue weighted by atomic mass is 32.2. The predicted molar refractivity (Wildman–Crippen MR) is 88.1 cm³/mol. The summed E-state index contributed by atoms with van der Waals surface area (Å²) in [6, 6.07) is 6.54. The summed E-state index contributed by atoms with van der Waals surface area (Å²) in [5.41, 5.74) is 1.27. The molecule has 0 saturated carbocycles. The Morgan fingerprint density at radius 3 is 2.15 bits per heavy atom. The van der Waals surface area contributed by atoms with Crippen LogP contribution in [0, 0.1) is 5.41 Å². The SMILES string of the molecule is CC1=CC(O)(C(C)(C)C)c2cc(C(C)(C)C)ccc2S1. The zero-order chi connectivity index (χ0) is 15.3. The minimum Gasteiger partial charge on any atom is -0.380 e. The van der Waals surface area contributed by atoms with Gasteiger partial charge in [0.15, 0.2) is 0 Å². The van der Waals surface area contributed by atoms with Crippen molar-refractivity contribution in [2.45, 2.75) is 64.4 Å². The highest BCUT2D eigenvalue weighted by Gasteiger charge is 2.43. The third-order valence-electron chi connectivity index (χ3n) is 4.08. The van der Waals surface area contributed by atoms with Crippen LogP contribution in [-0.4, -0.2) is 5.11 Å². The standard InChI is InChI=1S/C18H26OS/c1-12-11-18(19,17(5,6)7)14-10-13(16(2,3)4)8-9-15(14)20-12/h8-11,19H,1-7H3. The fourth-order valence-corrected chi connectivity index (χ4v) is 3.62. The van der Waals surface area contributed by atoms with E-state index in [1.54, 1.807) is 11.8 Å². The molecule has 0 fully saturated rings. The van der Waals surface area contributed by atoms with Crippen LogP contribution in [0.2, 0.25) is 0 Å². The number of hydrogen-bond donors (Lipinski definition) is 1. The predicted octanol–water partition coefficient (Wildman–Crippen LogP) is 5.23. The van der Waals surface area contributed by atoms with Crippen LogP contribution in [0.1, 0.15) is 59.6 Å². The number of rotatable bonds is 0. The monoisotopic (exact) mass is 290 g/mol. The molecule has 1 aliphatic heterocycles. The molecule has 1 heterocycles. The van der Waals surface area contributed by atoms with E-state index < -0.39 is 5.60 Å². The van der Waals surface area contributed by atoms with Crippen molar-refractivity contribution in [3.63, 3.8) is 0 Å².